The molecular formula is C20H22BrClO3. The maximum atomic E-state index is 12.0. The highest BCUT2D eigenvalue weighted by Crippen LogP contribution is 2.35. The Balaban J connectivity index is 1.87. The van der Waals surface area contributed by atoms with Crippen molar-refractivity contribution < 1.29 is 14.3 Å². The van der Waals surface area contributed by atoms with Gasteiger partial charge in [0.2, 0.25) is 0 Å². The van der Waals surface area contributed by atoms with Crippen molar-refractivity contribution in [2.75, 3.05) is 6.61 Å². The van der Waals surface area contributed by atoms with Crippen LogP contribution in [0.25, 0.3) is 0 Å². The van der Waals surface area contributed by atoms with Crippen molar-refractivity contribution in [1.82, 2.24) is 0 Å². The number of aryl methyl sites for hydroxylation is 3. The number of rotatable bonds is 6. The molecular weight excluding hydrogens is 404 g/mol. The Morgan fingerprint density at radius 3 is 2.40 bits per heavy atom. The zero-order valence-corrected chi connectivity index (χ0v) is 17.3. The Labute approximate surface area is 162 Å². The lowest BCUT2D eigenvalue weighted by Gasteiger charge is -2.13. The second-order valence-corrected chi connectivity index (χ2v) is 7.26. The highest BCUT2D eigenvalue weighted by molar-refractivity contribution is 9.10. The average Bonchev–Trinajstić information content (AvgIpc) is 2.57. The van der Waals surface area contributed by atoms with Gasteiger partial charge in [0.15, 0.2) is 0 Å². The lowest BCUT2D eigenvalue weighted by Crippen LogP contribution is -2.11. The molecule has 0 amide bonds. The molecule has 0 aliphatic rings. The first kappa shape index (κ1) is 19.8. The summed E-state index contributed by atoms with van der Waals surface area (Å²) in [7, 11) is 0. The lowest BCUT2D eigenvalue weighted by atomic mass is 10.1. The van der Waals surface area contributed by atoms with E-state index in [9.17, 15) is 4.79 Å². The van der Waals surface area contributed by atoms with E-state index in [2.05, 4.69) is 15.9 Å². The molecule has 0 bridgehead atoms. The molecule has 0 unspecified atom stereocenters. The second-order valence-electron chi connectivity index (χ2n) is 6.09. The molecule has 3 nitrogen and oxygen atoms in total. The number of carbonyl (C=O) groups excluding carboxylic acids is 1. The summed E-state index contributed by atoms with van der Waals surface area (Å²) in [5.74, 6) is 1.14. The molecule has 2 aromatic rings. The van der Waals surface area contributed by atoms with Crippen LogP contribution in [-0.2, 0) is 4.79 Å². The van der Waals surface area contributed by atoms with Crippen LogP contribution in [0.2, 0.25) is 5.02 Å². The summed E-state index contributed by atoms with van der Waals surface area (Å²) < 4.78 is 12.1. The van der Waals surface area contributed by atoms with Crippen molar-refractivity contribution >= 4 is 33.5 Å². The Morgan fingerprint density at radius 1 is 1.12 bits per heavy atom. The third-order valence-electron chi connectivity index (χ3n) is 3.98. The highest BCUT2D eigenvalue weighted by atomic mass is 79.9. The van der Waals surface area contributed by atoms with Crippen molar-refractivity contribution in [1.29, 1.82) is 0 Å². The van der Waals surface area contributed by atoms with E-state index in [1.54, 1.807) is 0 Å². The van der Waals surface area contributed by atoms with Crippen LogP contribution in [0, 0.1) is 27.7 Å². The van der Waals surface area contributed by atoms with Gasteiger partial charge in [-0.3, -0.25) is 4.79 Å². The molecule has 0 spiro atoms. The number of ether oxygens (including phenoxy) is 2. The molecule has 0 radical (unpaired) electrons. The third kappa shape index (κ3) is 4.99. The standard InChI is InChI=1S/C20H22BrClO3/c1-12-7-5-8-13(2)20(12)25-17(23)9-6-10-24-16-11-14(3)19(22)15(4)18(16)21/h5,7-8,11H,6,9-10H2,1-4H3. The number of carbonyl (C=O) groups is 1. The molecule has 0 N–H and O–H groups in total. The molecule has 0 saturated heterocycles. The molecule has 0 aromatic heterocycles. The van der Waals surface area contributed by atoms with Gasteiger partial charge in [0, 0.05) is 11.4 Å². The van der Waals surface area contributed by atoms with Crippen molar-refractivity contribution in [2.24, 2.45) is 0 Å². The number of halogens is 2. The molecule has 25 heavy (non-hydrogen) atoms. The van der Waals surface area contributed by atoms with E-state index in [0.717, 1.165) is 37.5 Å². The van der Waals surface area contributed by atoms with Crippen LogP contribution < -0.4 is 9.47 Å². The van der Waals surface area contributed by atoms with E-state index in [-0.39, 0.29) is 5.97 Å². The molecule has 2 aromatic carbocycles. The molecule has 5 heteroatoms. The van der Waals surface area contributed by atoms with Gasteiger partial charge >= 0.3 is 5.97 Å². The minimum atomic E-state index is -0.247. The molecule has 0 saturated carbocycles. The molecule has 2 rings (SSSR count). The SMILES string of the molecule is Cc1cc(OCCCC(=O)Oc2c(C)cccc2C)c(Br)c(C)c1Cl. The molecule has 134 valence electrons. The summed E-state index contributed by atoms with van der Waals surface area (Å²) in [5.41, 5.74) is 3.83. The first-order chi connectivity index (χ1) is 11.8. The van der Waals surface area contributed by atoms with Gasteiger partial charge in [0.1, 0.15) is 11.5 Å². The fraction of sp³-hybridized carbons (Fsp3) is 0.350. The van der Waals surface area contributed by atoms with Crippen molar-refractivity contribution in [2.45, 2.75) is 40.5 Å². The van der Waals surface area contributed by atoms with Crippen molar-refractivity contribution in [3.05, 3.63) is 56.0 Å². The monoisotopic (exact) mass is 424 g/mol. The smallest absolute Gasteiger partial charge is 0.311 e. The summed E-state index contributed by atoms with van der Waals surface area (Å²) in [4.78, 5) is 12.0. The number of hydrogen-bond acceptors (Lipinski definition) is 3. The Kier molecular flexibility index (Phi) is 6.91. The summed E-state index contributed by atoms with van der Waals surface area (Å²) in [5, 5.41) is 0.733. The Bertz CT molecular complexity index is 767. The minimum absolute atomic E-state index is 0.247. The van der Waals surface area contributed by atoms with E-state index in [0.29, 0.717) is 25.2 Å². The topological polar surface area (TPSA) is 35.5 Å². The van der Waals surface area contributed by atoms with Gasteiger partial charge in [-0.15, -0.1) is 0 Å². The van der Waals surface area contributed by atoms with Gasteiger partial charge < -0.3 is 9.47 Å². The largest absolute Gasteiger partial charge is 0.492 e. The average molecular weight is 426 g/mol. The Morgan fingerprint density at radius 2 is 1.76 bits per heavy atom. The van der Waals surface area contributed by atoms with Gasteiger partial charge in [-0.2, -0.15) is 0 Å². The molecule has 0 fully saturated rings. The molecule has 0 aliphatic heterocycles. The second kappa shape index (κ2) is 8.72. The summed E-state index contributed by atoms with van der Waals surface area (Å²) >= 11 is 9.72. The minimum Gasteiger partial charge on any atom is -0.492 e. The van der Waals surface area contributed by atoms with Gasteiger partial charge in [-0.05, 0) is 78.4 Å². The van der Waals surface area contributed by atoms with Crippen LogP contribution in [0.1, 0.15) is 35.1 Å². The van der Waals surface area contributed by atoms with Crippen LogP contribution in [0.15, 0.2) is 28.7 Å². The number of esters is 1. The number of benzene rings is 2. The summed E-state index contributed by atoms with van der Waals surface area (Å²) in [6, 6.07) is 7.71. The maximum Gasteiger partial charge on any atom is 0.311 e. The Hall–Kier alpha value is -1.52. The fourth-order valence-corrected chi connectivity index (χ4v) is 3.22. The molecule has 0 heterocycles. The molecule has 0 aliphatic carbocycles. The van der Waals surface area contributed by atoms with Gasteiger partial charge in [-0.1, -0.05) is 29.8 Å². The van der Waals surface area contributed by atoms with Crippen molar-refractivity contribution in [3.8, 4) is 11.5 Å². The zero-order chi connectivity index (χ0) is 18.6. The normalized spacial score (nSPS) is 10.6. The predicted octanol–water partition coefficient (Wildman–Crippen LogP) is 6.10. The number of para-hydroxylation sites is 1. The summed E-state index contributed by atoms with van der Waals surface area (Å²) in [6.45, 7) is 8.18. The van der Waals surface area contributed by atoms with E-state index in [1.807, 2.05) is 52.0 Å². The van der Waals surface area contributed by atoms with Crippen LogP contribution in [0.3, 0.4) is 0 Å². The van der Waals surface area contributed by atoms with Crippen LogP contribution in [-0.4, -0.2) is 12.6 Å². The van der Waals surface area contributed by atoms with Gasteiger partial charge in [0.25, 0.3) is 0 Å². The van der Waals surface area contributed by atoms with E-state index in [4.69, 9.17) is 21.1 Å². The van der Waals surface area contributed by atoms with E-state index >= 15 is 0 Å². The first-order valence-corrected chi connectivity index (χ1v) is 9.33. The lowest BCUT2D eigenvalue weighted by molar-refractivity contribution is -0.134. The van der Waals surface area contributed by atoms with E-state index < -0.39 is 0 Å². The van der Waals surface area contributed by atoms with Crippen LogP contribution in [0.4, 0.5) is 0 Å². The quantitative estimate of drug-likeness (QED) is 0.318. The van der Waals surface area contributed by atoms with E-state index in [1.165, 1.54) is 0 Å². The zero-order valence-electron chi connectivity index (χ0n) is 14.9. The number of hydrogen-bond donors (Lipinski definition) is 0. The third-order valence-corrected chi connectivity index (χ3v) is 5.54. The van der Waals surface area contributed by atoms with Crippen LogP contribution >= 0.6 is 27.5 Å². The van der Waals surface area contributed by atoms with Crippen LogP contribution in [0.5, 0.6) is 11.5 Å². The van der Waals surface area contributed by atoms with Crippen molar-refractivity contribution in [3.63, 3.8) is 0 Å². The maximum absolute atomic E-state index is 12.0. The summed E-state index contributed by atoms with van der Waals surface area (Å²) in [6.07, 6.45) is 0.883. The first-order valence-electron chi connectivity index (χ1n) is 8.16. The highest BCUT2D eigenvalue weighted by Gasteiger charge is 2.12. The predicted molar refractivity (Wildman–Crippen MR) is 105 cm³/mol. The van der Waals surface area contributed by atoms with Gasteiger partial charge in [0.05, 0.1) is 11.1 Å². The molecule has 0 atom stereocenters. The van der Waals surface area contributed by atoms with Gasteiger partial charge in [-0.25, -0.2) is 0 Å². The fourth-order valence-electron chi connectivity index (χ4n) is 2.53.